The molecule has 0 saturated heterocycles. The zero-order valence-corrected chi connectivity index (χ0v) is 16.5. The van der Waals surface area contributed by atoms with Gasteiger partial charge in [-0.15, -0.1) is 10.2 Å². The van der Waals surface area contributed by atoms with Crippen molar-refractivity contribution in [3.63, 3.8) is 0 Å². The third-order valence-electron chi connectivity index (χ3n) is 3.77. The number of hydrogen-bond acceptors (Lipinski definition) is 6. The van der Waals surface area contributed by atoms with Gasteiger partial charge in [0.15, 0.2) is 6.61 Å². The minimum atomic E-state index is -0.0565. The number of aryl methyl sites for hydroxylation is 1. The Morgan fingerprint density at radius 2 is 2.00 bits per heavy atom. The maximum Gasteiger partial charge on any atom is 0.277 e. The highest BCUT2D eigenvalue weighted by Crippen LogP contribution is 2.23. The van der Waals surface area contributed by atoms with Crippen molar-refractivity contribution in [3.8, 4) is 5.75 Å². The lowest BCUT2D eigenvalue weighted by Crippen LogP contribution is -2.27. The van der Waals surface area contributed by atoms with E-state index in [1.807, 2.05) is 43.3 Å². The molecule has 0 unspecified atom stereocenters. The second kappa shape index (κ2) is 8.92. The minimum Gasteiger partial charge on any atom is -0.484 e. The Morgan fingerprint density at radius 1 is 1.22 bits per heavy atom. The number of halogens is 1. The average Bonchev–Trinajstić information content (AvgIpc) is 3.13. The monoisotopic (exact) mass is 403 g/mol. The van der Waals surface area contributed by atoms with Crippen molar-refractivity contribution >= 4 is 35.0 Å². The van der Waals surface area contributed by atoms with Gasteiger partial charge < -0.3 is 14.1 Å². The first-order valence-electron chi connectivity index (χ1n) is 8.18. The molecule has 0 bridgehead atoms. The van der Waals surface area contributed by atoms with E-state index in [1.54, 1.807) is 24.1 Å². The lowest BCUT2D eigenvalue weighted by Gasteiger charge is -2.16. The molecule has 6 nitrogen and oxygen atoms in total. The van der Waals surface area contributed by atoms with E-state index >= 15 is 0 Å². The zero-order valence-electron chi connectivity index (χ0n) is 14.9. The number of para-hydroxylation sites is 1. The predicted octanol–water partition coefficient (Wildman–Crippen LogP) is 4.37. The first-order valence-corrected chi connectivity index (χ1v) is 9.55. The van der Waals surface area contributed by atoms with Crippen molar-refractivity contribution in [2.45, 2.75) is 18.8 Å². The number of carbonyl (C=O) groups is 1. The van der Waals surface area contributed by atoms with Crippen molar-refractivity contribution in [1.82, 2.24) is 10.2 Å². The summed E-state index contributed by atoms with van der Waals surface area (Å²) in [4.78, 5) is 13.9. The number of thioether (sulfide) groups is 1. The van der Waals surface area contributed by atoms with E-state index in [4.69, 9.17) is 20.8 Å². The van der Waals surface area contributed by atoms with Gasteiger partial charge in [0, 0.05) is 17.8 Å². The highest BCUT2D eigenvalue weighted by molar-refractivity contribution is 7.99. The number of amides is 1. The number of carbonyl (C=O) groups excluding carboxylic acids is 1. The van der Waals surface area contributed by atoms with Crippen LogP contribution in [0.3, 0.4) is 0 Å². The lowest BCUT2D eigenvalue weighted by molar-refractivity contribution is -0.115. The molecular weight excluding hydrogens is 386 g/mol. The largest absolute Gasteiger partial charge is 0.484 e. The molecule has 1 heterocycles. The van der Waals surface area contributed by atoms with Gasteiger partial charge in [-0.2, -0.15) is 0 Å². The van der Waals surface area contributed by atoms with Crippen molar-refractivity contribution < 1.29 is 13.9 Å². The fourth-order valence-corrected chi connectivity index (χ4v) is 3.21. The Balaban J connectivity index is 1.51. The van der Waals surface area contributed by atoms with Crippen molar-refractivity contribution in [2.75, 3.05) is 17.7 Å². The van der Waals surface area contributed by atoms with Gasteiger partial charge in [0.25, 0.3) is 11.1 Å². The van der Waals surface area contributed by atoms with Crippen LogP contribution in [0.2, 0.25) is 5.02 Å². The van der Waals surface area contributed by atoms with Crippen molar-refractivity contribution in [3.05, 3.63) is 65.0 Å². The van der Waals surface area contributed by atoms with Crippen LogP contribution in [0, 0.1) is 6.92 Å². The van der Waals surface area contributed by atoms with Crippen LogP contribution in [0.25, 0.3) is 0 Å². The molecule has 0 aliphatic heterocycles. The maximum absolute atomic E-state index is 12.3. The summed E-state index contributed by atoms with van der Waals surface area (Å²) in [5, 5.41) is 8.87. The molecule has 0 aliphatic carbocycles. The first kappa shape index (κ1) is 19.3. The molecule has 0 saturated carbocycles. The number of benzene rings is 2. The Hall–Kier alpha value is -2.51. The summed E-state index contributed by atoms with van der Waals surface area (Å²) in [5.74, 6) is 1.19. The molecule has 2 aromatic carbocycles. The third-order valence-corrected chi connectivity index (χ3v) is 4.81. The highest BCUT2D eigenvalue weighted by Gasteiger charge is 2.14. The quantitative estimate of drug-likeness (QED) is 0.546. The number of anilines is 1. The van der Waals surface area contributed by atoms with E-state index in [0.717, 1.165) is 11.3 Å². The molecule has 0 fully saturated rings. The molecule has 0 spiro atoms. The first-order chi connectivity index (χ1) is 13.0. The molecule has 3 rings (SSSR count). The SMILES string of the molecule is Cc1cc(Cl)ccc1OCc1nnc(SCC(=O)N(C)c2ccccc2)o1. The molecule has 3 aromatic rings. The van der Waals surface area contributed by atoms with Gasteiger partial charge in [-0.1, -0.05) is 41.6 Å². The molecule has 0 radical (unpaired) electrons. The number of nitrogens with zero attached hydrogens (tertiary/aromatic N) is 3. The molecule has 8 heteroatoms. The number of hydrogen-bond donors (Lipinski definition) is 0. The zero-order chi connectivity index (χ0) is 19.2. The summed E-state index contributed by atoms with van der Waals surface area (Å²) in [6.07, 6.45) is 0. The smallest absolute Gasteiger partial charge is 0.277 e. The molecule has 27 heavy (non-hydrogen) atoms. The van der Waals surface area contributed by atoms with E-state index in [1.165, 1.54) is 11.8 Å². The lowest BCUT2D eigenvalue weighted by atomic mass is 10.2. The van der Waals surface area contributed by atoms with Crippen LogP contribution in [0.15, 0.2) is 58.2 Å². The summed E-state index contributed by atoms with van der Waals surface area (Å²) in [6.45, 7) is 2.05. The number of ether oxygens (including phenoxy) is 1. The fraction of sp³-hybridized carbons (Fsp3) is 0.211. The van der Waals surface area contributed by atoms with Gasteiger partial charge in [0.2, 0.25) is 5.91 Å². The summed E-state index contributed by atoms with van der Waals surface area (Å²) in [6, 6.07) is 14.8. The van der Waals surface area contributed by atoms with Crippen molar-refractivity contribution in [1.29, 1.82) is 0 Å². The van der Waals surface area contributed by atoms with Gasteiger partial charge >= 0.3 is 0 Å². The van der Waals surface area contributed by atoms with Crippen LogP contribution in [-0.2, 0) is 11.4 Å². The summed E-state index contributed by atoms with van der Waals surface area (Å²) < 4.78 is 11.2. The van der Waals surface area contributed by atoms with E-state index in [9.17, 15) is 4.79 Å². The topological polar surface area (TPSA) is 68.5 Å². The second-order valence-electron chi connectivity index (χ2n) is 5.74. The van der Waals surface area contributed by atoms with Gasteiger partial charge in [0.05, 0.1) is 5.75 Å². The van der Waals surface area contributed by atoms with Crippen LogP contribution in [0.5, 0.6) is 5.75 Å². The van der Waals surface area contributed by atoms with E-state index < -0.39 is 0 Å². The molecule has 0 atom stereocenters. The molecule has 0 N–H and O–H groups in total. The van der Waals surface area contributed by atoms with E-state index in [-0.39, 0.29) is 18.3 Å². The molecule has 1 amide bonds. The Bertz CT molecular complexity index is 918. The van der Waals surface area contributed by atoms with Crippen LogP contribution in [0.4, 0.5) is 5.69 Å². The van der Waals surface area contributed by atoms with Gasteiger partial charge in [0.1, 0.15) is 5.75 Å². The highest BCUT2D eigenvalue weighted by atomic mass is 35.5. The Kier molecular flexibility index (Phi) is 6.36. The van der Waals surface area contributed by atoms with Crippen LogP contribution < -0.4 is 9.64 Å². The summed E-state index contributed by atoms with van der Waals surface area (Å²) >= 11 is 7.12. The molecular formula is C19H18ClN3O3S. The summed E-state index contributed by atoms with van der Waals surface area (Å²) in [7, 11) is 1.74. The van der Waals surface area contributed by atoms with E-state index in [0.29, 0.717) is 21.9 Å². The van der Waals surface area contributed by atoms with E-state index in [2.05, 4.69) is 10.2 Å². The average molecular weight is 404 g/mol. The molecule has 0 aliphatic rings. The molecule has 140 valence electrons. The Labute approximate surface area is 166 Å². The number of aromatic nitrogens is 2. The van der Waals surface area contributed by atoms with Crippen LogP contribution in [-0.4, -0.2) is 28.9 Å². The number of rotatable bonds is 7. The van der Waals surface area contributed by atoms with Crippen LogP contribution >= 0.6 is 23.4 Å². The Morgan fingerprint density at radius 3 is 2.74 bits per heavy atom. The predicted molar refractivity (Wildman–Crippen MR) is 105 cm³/mol. The van der Waals surface area contributed by atoms with Gasteiger partial charge in [-0.05, 0) is 42.8 Å². The third kappa shape index (κ3) is 5.24. The summed E-state index contributed by atoms with van der Waals surface area (Å²) in [5.41, 5.74) is 1.76. The van der Waals surface area contributed by atoms with Gasteiger partial charge in [-0.3, -0.25) is 4.79 Å². The standard InChI is InChI=1S/C19H18ClN3O3S/c1-13-10-14(20)8-9-16(13)25-11-17-21-22-19(26-17)27-12-18(24)23(2)15-6-4-3-5-7-15/h3-10H,11-12H2,1-2H3. The maximum atomic E-state index is 12.3. The minimum absolute atomic E-state index is 0.0565. The fourth-order valence-electron chi connectivity index (χ4n) is 2.29. The van der Waals surface area contributed by atoms with Gasteiger partial charge in [-0.25, -0.2) is 0 Å². The normalized spacial score (nSPS) is 10.6. The second-order valence-corrected chi connectivity index (χ2v) is 7.10. The van der Waals surface area contributed by atoms with Crippen molar-refractivity contribution in [2.24, 2.45) is 0 Å². The van der Waals surface area contributed by atoms with Crippen LogP contribution in [0.1, 0.15) is 11.5 Å². The molecule has 1 aromatic heterocycles.